The first-order valence-electron chi connectivity index (χ1n) is 6.01. The van der Waals surface area contributed by atoms with Gasteiger partial charge in [0.05, 0.1) is 5.52 Å². The van der Waals surface area contributed by atoms with E-state index in [2.05, 4.69) is 9.97 Å². The molecule has 0 saturated carbocycles. The molecule has 1 aromatic heterocycles. The van der Waals surface area contributed by atoms with Gasteiger partial charge < -0.3 is 0 Å². The molecule has 0 radical (unpaired) electrons. The van der Waals surface area contributed by atoms with Crippen molar-refractivity contribution >= 4 is 34.3 Å². The van der Waals surface area contributed by atoms with Crippen LogP contribution >= 0.6 is 23.4 Å². The molecule has 2 aromatic carbocycles. The zero-order chi connectivity index (χ0) is 13.9. The van der Waals surface area contributed by atoms with Crippen LogP contribution in [0.1, 0.15) is 5.56 Å². The monoisotopic (exact) mass is 304 g/mol. The van der Waals surface area contributed by atoms with E-state index in [-0.39, 0.29) is 5.82 Å². The van der Waals surface area contributed by atoms with E-state index in [1.165, 1.54) is 24.2 Å². The maximum absolute atomic E-state index is 13.7. The SMILES string of the molecule is Fc1cccc(Cl)c1CSc1ncnc2ccccc12. The Kier molecular flexibility index (Phi) is 3.85. The number of nitrogens with zero attached hydrogens (tertiary/aromatic N) is 2. The van der Waals surface area contributed by atoms with E-state index >= 15 is 0 Å². The molecule has 0 aliphatic rings. The largest absolute Gasteiger partial charge is 0.236 e. The van der Waals surface area contributed by atoms with Gasteiger partial charge in [-0.05, 0) is 18.2 Å². The van der Waals surface area contributed by atoms with Crippen LogP contribution in [0.5, 0.6) is 0 Å². The Morgan fingerprint density at radius 2 is 1.90 bits per heavy atom. The van der Waals surface area contributed by atoms with E-state index in [9.17, 15) is 4.39 Å². The van der Waals surface area contributed by atoms with E-state index in [4.69, 9.17) is 11.6 Å². The average Bonchev–Trinajstić information content (AvgIpc) is 2.47. The van der Waals surface area contributed by atoms with Crippen molar-refractivity contribution in [2.24, 2.45) is 0 Å². The molecule has 5 heteroatoms. The topological polar surface area (TPSA) is 25.8 Å². The van der Waals surface area contributed by atoms with Crippen molar-refractivity contribution in [1.82, 2.24) is 9.97 Å². The van der Waals surface area contributed by atoms with Gasteiger partial charge >= 0.3 is 0 Å². The fourth-order valence-electron chi connectivity index (χ4n) is 1.91. The minimum Gasteiger partial charge on any atom is -0.236 e. The lowest BCUT2D eigenvalue weighted by Gasteiger charge is -2.07. The van der Waals surface area contributed by atoms with Crippen molar-refractivity contribution in [3.8, 4) is 0 Å². The second-order valence-corrected chi connectivity index (χ2v) is 5.56. The number of para-hydroxylation sites is 1. The summed E-state index contributed by atoms with van der Waals surface area (Å²) in [6.07, 6.45) is 1.52. The molecule has 0 amide bonds. The van der Waals surface area contributed by atoms with E-state index in [1.807, 2.05) is 24.3 Å². The number of hydrogen-bond donors (Lipinski definition) is 0. The summed E-state index contributed by atoms with van der Waals surface area (Å²) in [6.45, 7) is 0. The predicted molar refractivity (Wildman–Crippen MR) is 80.5 cm³/mol. The Labute approximate surface area is 125 Å². The quantitative estimate of drug-likeness (QED) is 0.517. The van der Waals surface area contributed by atoms with E-state index in [1.54, 1.807) is 12.1 Å². The van der Waals surface area contributed by atoms with Crippen LogP contribution in [0.2, 0.25) is 5.02 Å². The maximum atomic E-state index is 13.7. The van der Waals surface area contributed by atoms with Gasteiger partial charge in [-0.3, -0.25) is 0 Å². The zero-order valence-electron chi connectivity index (χ0n) is 10.4. The fraction of sp³-hybridized carbons (Fsp3) is 0.0667. The highest BCUT2D eigenvalue weighted by Gasteiger charge is 2.09. The highest BCUT2D eigenvalue weighted by molar-refractivity contribution is 7.98. The fourth-order valence-corrected chi connectivity index (χ4v) is 3.24. The van der Waals surface area contributed by atoms with Gasteiger partial charge in [0, 0.05) is 21.7 Å². The number of fused-ring (bicyclic) bond motifs is 1. The molecule has 0 aliphatic heterocycles. The number of thioether (sulfide) groups is 1. The van der Waals surface area contributed by atoms with Gasteiger partial charge in [0.25, 0.3) is 0 Å². The number of rotatable bonds is 3. The maximum Gasteiger partial charge on any atom is 0.128 e. The van der Waals surface area contributed by atoms with Crippen LogP contribution in [0.25, 0.3) is 10.9 Å². The predicted octanol–water partition coefficient (Wildman–Crippen LogP) is 4.71. The normalized spacial score (nSPS) is 10.9. The van der Waals surface area contributed by atoms with Crippen LogP contribution in [-0.4, -0.2) is 9.97 Å². The van der Waals surface area contributed by atoms with Crippen LogP contribution in [0.15, 0.2) is 53.8 Å². The first-order chi connectivity index (χ1) is 9.75. The first-order valence-corrected chi connectivity index (χ1v) is 7.37. The van der Waals surface area contributed by atoms with Crippen molar-refractivity contribution in [2.75, 3.05) is 0 Å². The molecule has 3 aromatic rings. The van der Waals surface area contributed by atoms with Gasteiger partial charge in [0.15, 0.2) is 0 Å². The Balaban J connectivity index is 1.91. The van der Waals surface area contributed by atoms with Crippen LogP contribution in [-0.2, 0) is 5.75 Å². The molecule has 0 fully saturated rings. The van der Waals surface area contributed by atoms with Gasteiger partial charge in [-0.2, -0.15) is 0 Å². The Bertz CT molecular complexity index is 738. The molecule has 0 spiro atoms. The third-order valence-electron chi connectivity index (χ3n) is 2.92. The van der Waals surface area contributed by atoms with Gasteiger partial charge in [-0.1, -0.05) is 35.9 Å². The summed E-state index contributed by atoms with van der Waals surface area (Å²) in [5.41, 5.74) is 1.38. The summed E-state index contributed by atoms with van der Waals surface area (Å²) in [4.78, 5) is 8.47. The molecule has 20 heavy (non-hydrogen) atoms. The molecule has 1 heterocycles. The molecule has 0 aliphatic carbocycles. The summed E-state index contributed by atoms with van der Waals surface area (Å²) < 4.78 is 13.7. The lowest BCUT2D eigenvalue weighted by molar-refractivity contribution is 0.617. The second kappa shape index (κ2) is 5.77. The summed E-state index contributed by atoms with van der Waals surface area (Å²) in [7, 11) is 0. The molecule has 3 rings (SSSR count). The molecule has 100 valence electrons. The van der Waals surface area contributed by atoms with Crippen LogP contribution in [0.3, 0.4) is 0 Å². The Morgan fingerprint density at radius 3 is 2.75 bits per heavy atom. The van der Waals surface area contributed by atoms with Crippen molar-refractivity contribution in [1.29, 1.82) is 0 Å². The molecule has 0 saturated heterocycles. The number of benzene rings is 2. The van der Waals surface area contributed by atoms with E-state index in [0.717, 1.165) is 15.9 Å². The third kappa shape index (κ3) is 2.62. The number of hydrogen-bond acceptors (Lipinski definition) is 3. The minimum absolute atomic E-state index is 0.289. The summed E-state index contributed by atoms with van der Waals surface area (Å²) in [6, 6.07) is 12.5. The summed E-state index contributed by atoms with van der Waals surface area (Å²) >= 11 is 7.48. The summed E-state index contributed by atoms with van der Waals surface area (Å²) in [5, 5.41) is 2.23. The van der Waals surface area contributed by atoms with Crippen LogP contribution in [0.4, 0.5) is 4.39 Å². The lowest BCUT2D eigenvalue weighted by atomic mass is 10.2. The van der Waals surface area contributed by atoms with Gasteiger partial charge in [-0.15, -0.1) is 11.8 Å². The zero-order valence-corrected chi connectivity index (χ0v) is 12.0. The van der Waals surface area contributed by atoms with Gasteiger partial charge in [0.1, 0.15) is 17.2 Å². The smallest absolute Gasteiger partial charge is 0.128 e. The van der Waals surface area contributed by atoms with Crippen molar-refractivity contribution in [3.05, 3.63) is 65.2 Å². The van der Waals surface area contributed by atoms with Crippen LogP contribution in [0, 0.1) is 5.82 Å². The first kappa shape index (κ1) is 13.3. The second-order valence-electron chi connectivity index (χ2n) is 4.18. The van der Waals surface area contributed by atoms with E-state index in [0.29, 0.717) is 16.3 Å². The molecule has 0 N–H and O–H groups in total. The molecule has 2 nitrogen and oxygen atoms in total. The number of halogens is 2. The molecular formula is C15H10ClFN2S. The highest BCUT2D eigenvalue weighted by atomic mass is 35.5. The highest BCUT2D eigenvalue weighted by Crippen LogP contribution is 2.30. The van der Waals surface area contributed by atoms with Crippen molar-refractivity contribution in [2.45, 2.75) is 10.8 Å². The van der Waals surface area contributed by atoms with Crippen molar-refractivity contribution in [3.63, 3.8) is 0 Å². The standard InChI is InChI=1S/C15H10ClFN2S/c16-12-5-3-6-13(17)11(12)8-20-15-10-4-1-2-7-14(10)18-9-19-15/h1-7,9H,8H2. The summed E-state index contributed by atoms with van der Waals surface area (Å²) in [5.74, 6) is 0.148. The molecule has 0 unspecified atom stereocenters. The third-order valence-corrected chi connectivity index (χ3v) is 4.31. The lowest BCUT2D eigenvalue weighted by Crippen LogP contribution is -1.91. The Hall–Kier alpha value is -1.65. The van der Waals surface area contributed by atoms with Crippen LogP contribution < -0.4 is 0 Å². The Morgan fingerprint density at radius 1 is 1.05 bits per heavy atom. The molecule has 0 atom stereocenters. The minimum atomic E-state index is -0.289. The van der Waals surface area contributed by atoms with Gasteiger partial charge in [-0.25, -0.2) is 14.4 Å². The van der Waals surface area contributed by atoms with Crippen molar-refractivity contribution < 1.29 is 4.39 Å². The average molecular weight is 305 g/mol. The van der Waals surface area contributed by atoms with Gasteiger partial charge in [0.2, 0.25) is 0 Å². The number of aromatic nitrogens is 2. The van der Waals surface area contributed by atoms with E-state index < -0.39 is 0 Å². The molecule has 0 bridgehead atoms. The molecular weight excluding hydrogens is 295 g/mol.